The van der Waals surface area contributed by atoms with Gasteiger partial charge in [0.1, 0.15) is 5.82 Å². The molecule has 0 spiro atoms. The molecule has 5 rings (SSSR count). The Morgan fingerprint density at radius 3 is 2.65 bits per heavy atom. The summed E-state index contributed by atoms with van der Waals surface area (Å²) in [6, 6.07) is 6.53. The fraction of sp³-hybridized carbons (Fsp3) is 0.292. The molecule has 4 heterocycles. The molecule has 0 bridgehead atoms. The molecule has 1 amide bonds. The Bertz CT molecular complexity index is 1620. The van der Waals surface area contributed by atoms with E-state index in [1.165, 1.54) is 33.4 Å². The molecular weight excluding hydrogens is 573 g/mol. The van der Waals surface area contributed by atoms with Crippen molar-refractivity contribution >= 4 is 44.8 Å². The number of carbonyl (C=O) groups excluding carboxylic acids is 1. The summed E-state index contributed by atoms with van der Waals surface area (Å²) in [5, 5.41) is 0.386. The molecule has 192 valence electrons. The van der Waals surface area contributed by atoms with Crippen molar-refractivity contribution in [3.63, 3.8) is 0 Å². The number of rotatable bonds is 3. The number of thioether (sulfide) groups is 1. The number of benzene rings is 1. The highest BCUT2D eigenvalue weighted by Crippen LogP contribution is 2.36. The summed E-state index contributed by atoms with van der Waals surface area (Å²) in [5.74, 6) is -0.174. The molecule has 8 nitrogen and oxygen atoms in total. The molecule has 1 aromatic carbocycles. The lowest BCUT2D eigenvalue weighted by molar-refractivity contribution is -0.138. The monoisotopic (exact) mass is 592 g/mol. The van der Waals surface area contributed by atoms with Crippen LogP contribution < -0.4 is 5.56 Å². The first-order valence-electron chi connectivity index (χ1n) is 11.1. The number of imidazole rings is 1. The molecule has 13 heteroatoms. The average Bonchev–Trinajstić information content (AvgIpc) is 3.23. The smallest absolute Gasteiger partial charge is 0.332 e. The molecule has 0 N–H and O–H groups in total. The molecule has 0 unspecified atom stereocenters. The number of aromatic nitrogens is 5. The van der Waals surface area contributed by atoms with E-state index in [0.717, 1.165) is 11.6 Å². The first-order valence-corrected chi connectivity index (χ1v) is 13.2. The van der Waals surface area contributed by atoms with Crippen molar-refractivity contribution in [2.75, 3.05) is 6.26 Å². The summed E-state index contributed by atoms with van der Waals surface area (Å²) in [6.07, 6.45) is -0.989. The molecule has 0 aliphatic carbocycles. The van der Waals surface area contributed by atoms with Gasteiger partial charge < -0.3 is 9.47 Å². The number of carbonyl (C=O) groups is 1. The normalized spacial score (nSPS) is 15.8. The Kier molecular flexibility index (Phi) is 6.39. The number of aryl methyl sites for hydroxylation is 1. The Hall–Kier alpha value is -3.19. The average molecular weight is 593 g/mol. The molecule has 0 saturated carbocycles. The lowest BCUT2D eigenvalue weighted by Crippen LogP contribution is -2.46. The van der Waals surface area contributed by atoms with Gasteiger partial charge in [-0.2, -0.15) is 13.2 Å². The lowest BCUT2D eigenvalue weighted by atomic mass is 9.98. The predicted octanol–water partition coefficient (Wildman–Crippen LogP) is 4.60. The van der Waals surface area contributed by atoms with Crippen LogP contribution in [-0.4, -0.2) is 47.2 Å². The number of amides is 1. The maximum Gasteiger partial charge on any atom is 0.417 e. The predicted molar refractivity (Wildman–Crippen MR) is 136 cm³/mol. The summed E-state index contributed by atoms with van der Waals surface area (Å²) in [4.78, 5) is 41.8. The van der Waals surface area contributed by atoms with Crippen molar-refractivity contribution < 1.29 is 18.0 Å². The van der Waals surface area contributed by atoms with Gasteiger partial charge in [0.15, 0.2) is 10.8 Å². The van der Waals surface area contributed by atoms with E-state index >= 15 is 0 Å². The van der Waals surface area contributed by atoms with E-state index < -0.39 is 23.7 Å². The summed E-state index contributed by atoms with van der Waals surface area (Å²) in [7, 11) is 1.85. The Morgan fingerprint density at radius 2 is 1.95 bits per heavy atom. The van der Waals surface area contributed by atoms with Gasteiger partial charge >= 0.3 is 6.18 Å². The van der Waals surface area contributed by atoms with E-state index in [0.29, 0.717) is 27.9 Å². The first-order chi connectivity index (χ1) is 17.5. The van der Waals surface area contributed by atoms with Gasteiger partial charge in [0, 0.05) is 28.7 Å². The molecule has 1 aliphatic heterocycles. The quantitative estimate of drug-likeness (QED) is 0.255. The summed E-state index contributed by atoms with van der Waals surface area (Å²) in [6.45, 7) is 1.76. The highest BCUT2D eigenvalue weighted by atomic mass is 79.9. The van der Waals surface area contributed by atoms with E-state index in [1.54, 1.807) is 25.6 Å². The molecule has 1 aliphatic rings. The van der Waals surface area contributed by atoms with Crippen LogP contribution in [0.3, 0.4) is 0 Å². The van der Waals surface area contributed by atoms with Crippen molar-refractivity contribution in [2.45, 2.75) is 37.3 Å². The number of halogens is 4. The van der Waals surface area contributed by atoms with Crippen LogP contribution in [-0.2, 0) is 26.2 Å². The maximum absolute atomic E-state index is 13.6. The van der Waals surface area contributed by atoms with Crippen LogP contribution in [0.1, 0.15) is 34.1 Å². The zero-order chi connectivity index (χ0) is 26.6. The van der Waals surface area contributed by atoms with Crippen LogP contribution in [0.15, 0.2) is 51.1 Å². The van der Waals surface area contributed by atoms with Gasteiger partial charge in [-0.25, -0.2) is 19.5 Å². The second kappa shape index (κ2) is 9.28. The molecule has 0 radical (unpaired) electrons. The number of hydrogen-bond acceptors (Lipinski definition) is 6. The number of nitrogens with zero attached hydrogens (tertiary/aromatic N) is 6. The zero-order valence-electron chi connectivity index (χ0n) is 19.9. The number of pyridine rings is 1. The van der Waals surface area contributed by atoms with E-state index in [1.807, 2.05) is 17.7 Å². The lowest BCUT2D eigenvalue weighted by Gasteiger charge is -2.34. The van der Waals surface area contributed by atoms with Gasteiger partial charge in [0.2, 0.25) is 0 Å². The maximum atomic E-state index is 13.6. The van der Waals surface area contributed by atoms with Gasteiger partial charge in [-0.15, -0.1) is 0 Å². The topological polar surface area (TPSA) is 85.9 Å². The third-order valence-corrected chi connectivity index (χ3v) is 7.68. The third kappa shape index (κ3) is 4.43. The molecule has 0 fully saturated rings. The standard InChI is InChI=1S/C24H20BrF3N6O2S/c1-12-8-14-17(10-33(12)21(35)13-4-5-16(25)15(9-13)24(26,27)28)30-23(37-3)34(22(14)36)19-7-6-18-20(31-19)29-11-32(18)2/h4-7,9,11-12H,8,10H2,1-3H3/t12-/m1/s1. The van der Waals surface area contributed by atoms with E-state index in [2.05, 4.69) is 30.9 Å². The van der Waals surface area contributed by atoms with Crippen molar-refractivity contribution in [1.82, 2.24) is 29.0 Å². The fourth-order valence-electron chi connectivity index (χ4n) is 4.42. The van der Waals surface area contributed by atoms with Crippen LogP contribution in [0.25, 0.3) is 17.0 Å². The van der Waals surface area contributed by atoms with E-state index in [4.69, 9.17) is 0 Å². The van der Waals surface area contributed by atoms with E-state index in [9.17, 15) is 22.8 Å². The largest absolute Gasteiger partial charge is 0.417 e. The summed E-state index contributed by atoms with van der Waals surface area (Å²) < 4.78 is 43.3. The number of alkyl halides is 3. The number of fused-ring (bicyclic) bond motifs is 2. The minimum atomic E-state index is -4.61. The third-order valence-electron chi connectivity index (χ3n) is 6.35. The second-order valence-corrected chi connectivity index (χ2v) is 10.3. The molecule has 37 heavy (non-hydrogen) atoms. The number of hydrogen-bond donors (Lipinski definition) is 0. The summed E-state index contributed by atoms with van der Waals surface area (Å²) in [5.41, 5.74) is 0.878. The minimum Gasteiger partial charge on any atom is -0.332 e. The van der Waals surface area contributed by atoms with Crippen molar-refractivity contribution in [3.8, 4) is 5.82 Å². The molecule has 3 aromatic heterocycles. The second-order valence-electron chi connectivity index (χ2n) is 8.71. The van der Waals surface area contributed by atoms with E-state index in [-0.39, 0.29) is 28.6 Å². The van der Waals surface area contributed by atoms with Gasteiger partial charge in [0.05, 0.1) is 29.6 Å². The first kappa shape index (κ1) is 25.5. The van der Waals surface area contributed by atoms with Crippen LogP contribution in [0, 0.1) is 0 Å². The van der Waals surface area contributed by atoms with Crippen LogP contribution >= 0.6 is 27.7 Å². The Labute approximate surface area is 221 Å². The Morgan fingerprint density at radius 1 is 1.19 bits per heavy atom. The van der Waals surface area contributed by atoms with Gasteiger partial charge in [-0.1, -0.05) is 27.7 Å². The highest BCUT2D eigenvalue weighted by molar-refractivity contribution is 9.10. The fourth-order valence-corrected chi connectivity index (χ4v) is 5.45. The molecular formula is C24H20BrF3N6O2S. The van der Waals surface area contributed by atoms with Gasteiger partial charge in [-0.3, -0.25) is 9.59 Å². The van der Waals surface area contributed by atoms with Crippen LogP contribution in [0.4, 0.5) is 13.2 Å². The SMILES string of the molecule is CSc1nc2c(c(=O)n1-c1ccc3c(ncn3C)n1)C[C@@H](C)N(C(=O)c1ccc(Br)c(C(F)(F)F)c1)C2. The molecule has 1 atom stereocenters. The molecule has 4 aromatic rings. The van der Waals surface area contributed by atoms with Gasteiger partial charge in [0.25, 0.3) is 11.5 Å². The zero-order valence-corrected chi connectivity index (χ0v) is 22.3. The van der Waals surface area contributed by atoms with Crippen molar-refractivity contribution in [2.24, 2.45) is 7.05 Å². The van der Waals surface area contributed by atoms with Crippen molar-refractivity contribution in [3.05, 3.63) is 73.9 Å². The van der Waals surface area contributed by atoms with Crippen LogP contribution in [0.2, 0.25) is 0 Å². The highest BCUT2D eigenvalue weighted by Gasteiger charge is 2.36. The summed E-state index contributed by atoms with van der Waals surface area (Å²) >= 11 is 4.16. The van der Waals surface area contributed by atoms with Crippen LogP contribution in [0.5, 0.6) is 0 Å². The Balaban J connectivity index is 1.54. The minimum absolute atomic E-state index is 0.00307. The molecule has 0 saturated heterocycles. The van der Waals surface area contributed by atoms with Crippen molar-refractivity contribution in [1.29, 1.82) is 0 Å². The van der Waals surface area contributed by atoms with Gasteiger partial charge in [-0.05, 0) is 49.9 Å².